The molecule has 2 N–H and O–H groups in total. The van der Waals surface area contributed by atoms with Gasteiger partial charge < -0.3 is 15.3 Å². The van der Waals surface area contributed by atoms with Gasteiger partial charge in [0.2, 0.25) is 11.8 Å². The minimum atomic E-state index is -0.219. The third kappa shape index (κ3) is 6.50. The topological polar surface area (TPSA) is 69.6 Å². The van der Waals surface area contributed by atoms with Crippen LogP contribution in [0.4, 0.5) is 0 Å². The molecule has 1 aliphatic rings. The fourth-order valence-electron chi connectivity index (χ4n) is 3.10. The third-order valence-corrected chi connectivity index (χ3v) is 4.56. The summed E-state index contributed by atoms with van der Waals surface area (Å²) in [6, 6.07) is -0.219. The number of aliphatic hydroxyl groups excluding tert-OH is 1. The summed E-state index contributed by atoms with van der Waals surface area (Å²) in [5, 5.41) is 12.5. The van der Waals surface area contributed by atoms with Crippen LogP contribution in [0.15, 0.2) is 0 Å². The largest absolute Gasteiger partial charge is 0.394 e. The van der Waals surface area contributed by atoms with E-state index in [-0.39, 0.29) is 41.7 Å². The molecule has 5 nitrogen and oxygen atoms in total. The van der Waals surface area contributed by atoms with E-state index in [1.165, 1.54) is 0 Å². The minimum absolute atomic E-state index is 0.0166. The molecule has 0 saturated carbocycles. The fraction of sp³-hybridized carbons (Fsp3) is 0.889. The molecule has 0 aromatic rings. The average molecular weight is 326 g/mol. The van der Waals surface area contributed by atoms with Gasteiger partial charge in [0.1, 0.15) is 0 Å². The summed E-state index contributed by atoms with van der Waals surface area (Å²) in [4.78, 5) is 26.7. The molecule has 23 heavy (non-hydrogen) atoms. The van der Waals surface area contributed by atoms with E-state index in [0.717, 1.165) is 32.2 Å². The zero-order chi connectivity index (χ0) is 17.6. The second kappa shape index (κ2) is 8.67. The van der Waals surface area contributed by atoms with E-state index >= 15 is 0 Å². The van der Waals surface area contributed by atoms with Crippen molar-refractivity contribution >= 4 is 11.8 Å². The molecule has 0 bridgehead atoms. The van der Waals surface area contributed by atoms with Crippen molar-refractivity contribution in [1.82, 2.24) is 10.2 Å². The summed E-state index contributed by atoms with van der Waals surface area (Å²) in [6.07, 6.45) is 3.23. The highest BCUT2D eigenvalue weighted by Crippen LogP contribution is 2.22. The summed E-state index contributed by atoms with van der Waals surface area (Å²) >= 11 is 0. The van der Waals surface area contributed by atoms with Gasteiger partial charge in [0.25, 0.3) is 0 Å². The molecule has 2 amide bonds. The Bertz CT molecular complexity index is 404. The number of nitrogens with zero attached hydrogens (tertiary/aromatic N) is 1. The Hall–Kier alpha value is -1.10. The van der Waals surface area contributed by atoms with Crippen LogP contribution in [0.2, 0.25) is 0 Å². The highest BCUT2D eigenvalue weighted by molar-refractivity contribution is 5.82. The smallest absolute Gasteiger partial charge is 0.225 e. The molecule has 0 aliphatic carbocycles. The standard InChI is InChI=1S/C18H34N2O3/c1-6-13(2)17(23)20-9-7-8-14(11-20)16(22)19-15(12-21)10-18(3,4)5/h13-15,21H,6-12H2,1-5H3,(H,19,22). The second-order valence-corrected chi connectivity index (χ2v) is 8.09. The lowest BCUT2D eigenvalue weighted by Crippen LogP contribution is -2.49. The molecule has 3 unspecified atom stereocenters. The molecular weight excluding hydrogens is 292 g/mol. The van der Waals surface area contributed by atoms with Crippen LogP contribution in [0.25, 0.3) is 0 Å². The Morgan fingerprint density at radius 3 is 2.52 bits per heavy atom. The van der Waals surface area contributed by atoms with E-state index in [1.807, 2.05) is 18.7 Å². The normalized spacial score (nSPS) is 21.7. The number of carbonyl (C=O) groups is 2. The highest BCUT2D eigenvalue weighted by Gasteiger charge is 2.31. The molecule has 1 heterocycles. The molecule has 0 radical (unpaired) electrons. The lowest BCUT2D eigenvalue weighted by Gasteiger charge is -2.34. The van der Waals surface area contributed by atoms with Crippen molar-refractivity contribution < 1.29 is 14.7 Å². The number of likely N-dealkylation sites (tertiary alicyclic amines) is 1. The van der Waals surface area contributed by atoms with Crippen LogP contribution in [0.1, 0.15) is 60.3 Å². The molecule has 1 saturated heterocycles. The van der Waals surface area contributed by atoms with Crippen LogP contribution >= 0.6 is 0 Å². The number of rotatable bonds is 6. The summed E-state index contributed by atoms with van der Waals surface area (Å²) in [7, 11) is 0. The molecule has 0 aromatic carbocycles. The van der Waals surface area contributed by atoms with Gasteiger partial charge in [-0.2, -0.15) is 0 Å². The van der Waals surface area contributed by atoms with Gasteiger partial charge >= 0.3 is 0 Å². The first kappa shape index (κ1) is 19.9. The molecule has 5 heteroatoms. The van der Waals surface area contributed by atoms with Gasteiger partial charge in [0.05, 0.1) is 18.6 Å². The Morgan fingerprint density at radius 2 is 2.00 bits per heavy atom. The van der Waals surface area contributed by atoms with Crippen molar-refractivity contribution in [2.45, 2.75) is 66.3 Å². The number of aliphatic hydroxyl groups is 1. The van der Waals surface area contributed by atoms with E-state index < -0.39 is 0 Å². The maximum absolute atomic E-state index is 12.5. The first-order valence-electron chi connectivity index (χ1n) is 8.88. The summed E-state index contributed by atoms with van der Waals surface area (Å²) in [5.74, 6) is -0.0259. The van der Waals surface area contributed by atoms with Crippen molar-refractivity contribution in [3.05, 3.63) is 0 Å². The van der Waals surface area contributed by atoms with Crippen molar-refractivity contribution in [3.63, 3.8) is 0 Å². The Morgan fingerprint density at radius 1 is 1.35 bits per heavy atom. The van der Waals surface area contributed by atoms with Crippen molar-refractivity contribution in [1.29, 1.82) is 0 Å². The molecule has 1 aliphatic heterocycles. The van der Waals surface area contributed by atoms with Crippen molar-refractivity contribution in [2.24, 2.45) is 17.3 Å². The lowest BCUT2D eigenvalue weighted by molar-refractivity contribution is -0.139. The van der Waals surface area contributed by atoms with E-state index in [4.69, 9.17) is 0 Å². The van der Waals surface area contributed by atoms with Gasteiger partial charge in [-0.05, 0) is 31.1 Å². The van der Waals surface area contributed by atoms with Crippen LogP contribution in [-0.4, -0.2) is 47.6 Å². The first-order chi connectivity index (χ1) is 10.7. The lowest BCUT2D eigenvalue weighted by atomic mass is 9.87. The number of carbonyl (C=O) groups excluding carboxylic acids is 2. The van der Waals surface area contributed by atoms with Crippen molar-refractivity contribution in [3.8, 4) is 0 Å². The van der Waals surface area contributed by atoms with E-state index in [9.17, 15) is 14.7 Å². The van der Waals surface area contributed by atoms with Gasteiger partial charge in [-0.25, -0.2) is 0 Å². The van der Waals surface area contributed by atoms with Gasteiger partial charge in [-0.1, -0.05) is 34.6 Å². The maximum Gasteiger partial charge on any atom is 0.225 e. The molecule has 1 fully saturated rings. The number of nitrogens with one attached hydrogen (secondary N) is 1. The van der Waals surface area contributed by atoms with Gasteiger partial charge in [-0.15, -0.1) is 0 Å². The highest BCUT2D eigenvalue weighted by atomic mass is 16.3. The SMILES string of the molecule is CCC(C)C(=O)N1CCCC(C(=O)NC(CO)CC(C)(C)C)C1. The van der Waals surface area contributed by atoms with Crippen LogP contribution in [0.5, 0.6) is 0 Å². The van der Waals surface area contributed by atoms with E-state index in [2.05, 4.69) is 26.1 Å². The Balaban J connectivity index is 2.60. The Kier molecular flexibility index (Phi) is 7.52. The fourth-order valence-corrected chi connectivity index (χ4v) is 3.10. The number of piperidine rings is 1. The first-order valence-corrected chi connectivity index (χ1v) is 8.88. The van der Waals surface area contributed by atoms with E-state index in [1.54, 1.807) is 0 Å². The molecule has 1 rings (SSSR count). The maximum atomic E-state index is 12.5. The zero-order valence-corrected chi connectivity index (χ0v) is 15.4. The minimum Gasteiger partial charge on any atom is -0.394 e. The quantitative estimate of drug-likeness (QED) is 0.786. The van der Waals surface area contributed by atoms with Crippen LogP contribution in [0.3, 0.4) is 0 Å². The second-order valence-electron chi connectivity index (χ2n) is 8.09. The number of amides is 2. The summed E-state index contributed by atoms with van der Waals surface area (Å²) < 4.78 is 0. The van der Waals surface area contributed by atoms with Gasteiger partial charge in [0, 0.05) is 19.0 Å². The predicted molar refractivity (Wildman–Crippen MR) is 91.8 cm³/mol. The molecule has 0 aromatic heterocycles. The summed E-state index contributed by atoms with van der Waals surface area (Å²) in [6.45, 7) is 11.4. The molecule has 3 atom stereocenters. The molecule has 0 spiro atoms. The van der Waals surface area contributed by atoms with Crippen LogP contribution in [-0.2, 0) is 9.59 Å². The van der Waals surface area contributed by atoms with Gasteiger partial charge in [0.15, 0.2) is 0 Å². The third-order valence-electron chi connectivity index (χ3n) is 4.56. The molecule has 134 valence electrons. The summed E-state index contributed by atoms with van der Waals surface area (Å²) in [5.41, 5.74) is 0.0474. The van der Waals surface area contributed by atoms with Crippen LogP contribution < -0.4 is 5.32 Å². The monoisotopic (exact) mass is 326 g/mol. The zero-order valence-electron chi connectivity index (χ0n) is 15.4. The number of hydrogen-bond donors (Lipinski definition) is 2. The predicted octanol–water partition coefficient (Wildman–Crippen LogP) is 2.18. The van der Waals surface area contributed by atoms with E-state index in [0.29, 0.717) is 6.54 Å². The number of hydrogen-bond acceptors (Lipinski definition) is 3. The Labute approximate surface area is 140 Å². The molecular formula is C18H34N2O3. The van der Waals surface area contributed by atoms with Crippen molar-refractivity contribution in [2.75, 3.05) is 19.7 Å². The van der Waals surface area contributed by atoms with Gasteiger partial charge in [-0.3, -0.25) is 9.59 Å². The van der Waals surface area contributed by atoms with Crippen LogP contribution in [0, 0.1) is 17.3 Å². The average Bonchev–Trinajstić information content (AvgIpc) is 2.51.